The predicted molar refractivity (Wildman–Crippen MR) is 143 cm³/mol. The number of halogens is 2. The summed E-state index contributed by atoms with van der Waals surface area (Å²) in [6, 6.07) is 15.2. The minimum absolute atomic E-state index is 0.0644. The number of rotatable bonds is 9. The maximum Gasteiger partial charge on any atom is 0.345 e. The van der Waals surface area contributed by atoms with Crippen LogP contribution in [0.15, 0.2) is 60.7 Å². The number of anilines is 1. The summed E-state index contributed by atoms with van der Waals surface area (Å²) in [5, 5.41) is 0.532. The van der Waals surface area contributed by atoms with Gasteiger partial charge in [-0.1, -0.05) is 23.2 Å². The molecular weight excluding hydrogens is 549 g/mol. The maximum absolute atomic E-state index is 12.7. The predicted octanol–water partition coefficient (Wildman–Crippen LogP) is 5.01. The molecule has 202 valence electrons. The smallest absolute Gasteiger partial charge is 0.345 e. The molecular formula is C28H23Cl2NO8. The van der Waals surface area contributed by atoms with Gasteiger partial charge in [0.15, 0.2) is 12.4 Å². The van der Waals surface area contributed by atoms with Gasteiger partial charge in [0, 0.05) is 29.6 Å². The molecule has 1 amide bonds. The first-order valence-electron chi connectivity index (χ1n) is 11.7. The Kier molecular flexibility index (Phi) is 8.73. The molecule has 1 atom stereocenters. The molecule has 1 heterocycles. The lowest BCUT2D eigenvalue weighted by atomic mass is 10.1. The highest BCUT2D eigenvalue weighted by molar-refractivity contribution is 6.36. The summed E-state index contributed by atoms with van der Waals surface area (Å²) in [5.74, 6) is -1.65. The first-order valence-corrected chi connectivity index (χ1v) is 12.4. The normalized spacial score (nSPS) is 14.6. The largest absolute Gasteiger partial charge is 0.497 e. The quantitative estimate of drug-likeness (QED) is 0.200. The van der Waals surface area contributed by atoms with E-state index in [1.807, 2.05) is 0 Å². The van der Waals surface area contributed by atoms with Gasteiger partial charge in [0.1, 0.15) is 17.2 Å². The summed E-state index contributed by atoms with van der Waals surface area (Å²) in [7, 11) is 2.99. The van der Waals surface area contributed by atoms with Crippen molar-refractivity contribution in [2.75, 3.05) is 32.3 Å². The Hall–Kier alpha value is -4.08. The van der Waals surface area contributed by atoms with Crippen LogP contribution in [-0.2, 0) is 14.3 Å². The van der Waals surface area contributed by atoms with Crippen molar-refractivity contribution in [3.8, 4) is 17.2 Å². The average Bonchev–Trinajstić information content (AvgIpc) is 3.32. The minimum atomic E-state index is -0.748. The van der Waals surface area contributed by atoms with Crippen molar-refractivity contribution in [1.82, 2.24) is 0 Å². The molecule has 1 aliphatic rings. The lowest BCUT2D eigenvalue weighted by Crippen LogP contribution is -2.27. The number of nitrogens with zero attached hydrogens (tertiary/aromatic N) is 1. The van der Waals surface area contributed by atoms with Crippen LogP contribution in [0.1, 0.15) is 27.1 Å². The summed E-state index contributed by atoms with van der Waals surface area (Å²) < 4.78 is 21.1. The van der Waals surface area contributed by atoms with E-state index in [9.17, 15) is 19.2 Å². The third kappa shape index (κ3) is 6.50. The Morgan fingerprint density at radius 1 is 0.923 bits per heavy atom. The molecule has 3 aromatic carbocycles. The zero-order valence-electron chi connectivity index (χ0n) is 20.9. The van der Waals surface area contributed by atoms with Crippen LogP contribution in [0.2, 0.25) is 10.0 Å². The number of carbonyl (C=O) groups excluding carboxylic acids is 4. The number of carbonyl (C=O) groups is 4. The second-order valence-corrected chi connectivity index (χ2v) is 9.36. The number of ether oxygens (including phenoxy) is 4. The summed E-state index contributed by atoms with van der Waals surface area (Å²) in [5.41, 5.74) is 0.867. The molecule has 4 rings (SSSR count). The van der Waals surface area contributed by atoms with Crippen molar-refractivity contribution in [1.29, 1.82) is 0 Å². The highest BCUT2D eigenvalue weighted by Crippen LogP contribution is 2.36. The number of ketones is 1. The number of amides is 1. The molecule has 39 heavy (non-hydrogen) atoms. The van der Waals surface area contributed by atoms with Gasteiger partial charge in [-0.15, -0.1) is 0 Å². The van der Waals surface area contributed by atoms with E-state index in [0.29, 0.717) is 22.2 Å². The summed E-state index contributed by atoms with van der Waals surface area (Å²) in [6.45, 7) is -0.432. The number of methoxy groups -OCH3 is 2. The molecule has 0 aromatic heterocycles. The number of esters is 2. The Morgan fingerprint density at radius 2 is 1.64 bits per heavy atom. The van der Waals surface area contributed by atoms with Crippen LogP contribution in [0.4, 0.5) is 5.69 Å². The fraction of sp³-hybridized carbons (Fsp3) is 0.214. The molecule has 0 N–H and O–H groups in total. The minimum Gasteiger partial charge on any atom is -0.497 e. The SMILES string of the molecule is COc1ccc(OC)c(N2C[C@H](C(=O)OCC(=O)c3ccc(OC(=O)c4ccc(Cl)cc4Cl)cc3)CC2=O)c1. The Morgan fingerprint density at radius 3 is 2.31 bits per heavy atom. The second-order valence-electron chi connectivity index (χ2n) is 8.51. The fourth-order valence-electron chi connectivity index (χ4n) is 3.97. The van der Waals surface area contributed by atoms with Crippen LogP contribution in [0.3, 0.4) is 0 Å². The summed E-state index contributed by atoms with van der Waals surface area (Å²) >= 11 is 11.9. The van der Waals surface area contributed by atoms with Gasteiger partial charge >= 0.3 is 11.9 Å². The van der Waals surface area contributed by atoms with Crippen LogP contribution in [0, 0.1) is 5.92 Å². The standard InChI is InChI=1S/C28H23Cl2NO8/c1-36-20-8-10-25(37-2)23(13-20)31-14-17(11-26(31)33)27(34)38-15-24(32)16-3-6-19(7-4-16)39-28(35)21-9-5-18(29)12-22(21)30/h3-10,12-13,17H,11,14-15H2,1-2H3/t17-/m1/s1. The summed E-state index contributed by atoms with van der Waals surface area (Å²) in [6.07, 6.45) is -0.0644. The lowest BCUT2D eigenvalue weighted by Gasteiger charge is -2.20. The van der Waals surface area contributed by atoms with Crippen LogP contribution >= 0.6 is 23.2 Å². The maximum atomic E-state index is 12.7. The number of Topliss-reactive ketones (excluding diaryl/α,β-unsaturated/α-hetero) is 1. The molecule has 1 saturated heterocycles. The molecule has 0 saturated carbocycles. The van der Waals surface area contributed by atoms with E-state index in [1.54, 1.807) is 18.2 Å². The van der Waals surface area contributed by atoms with Crippen molar-refractivity contribution in [3.63, 3.8) is 0 Å². The van der Waals surface area contributed by atoms with Crippen molar-refractivity contribution < 1.29 is 38.1 Å². The Bertz CT molecular complexity index is 1420. The number of hydrogen-bond acceptors (Lipinski definition) is 8. The van der Waals surface area contributed by atoms with E-state index in [-0.39, 0.29) is 40.8 Å². The summed E-state index contributed by atoms with van der Waals surface area (Å²) in [4.78, 5) is 51.7. The third-order valence-corrected chi connectivity index (χ3v) is 6.57. The number of benzene rings is 3. The average molecular weight is 572 g/mol. The van der Waals surface area contributed by atoms with E-state index < -0.39 is 30.2 Å². The van der Waals surface area contributed by atoms with Gasteiger partial charge in [0.2, 0.25) is 5.91 Å². The van der Waals surface area contributed by atoms with E-state index in [0.717, 1.165) is 0 Å². The van der Waals surface area contributed by atoms with E-state index >= 15 is 0 Å². The zero-order chi connectivity index (χ0) is 28.1. The van der Waals surface area contributed by atoms with Gasteiger partial charge in [0.05, 0.1) is 36.4 Å². The topological polar surface area (TPSA) is 108 Å². The van der Waals surface area contributed by atoms with Gasteiger partial charge in [-0.2, -0.15) is 0 Å². The van der Waals surface area contributed by atoms with Crippen molar-refractivity contribution in [2.45, 2.75) is 6.42 Å². The molecule has 3 aromatic rings. The fourth-order valence-corrected chi connectivity index (χ4v) is 4.46. The van der Waals surface area contributed by atoms with E-state index in [4.69, 9.17) is 42.1 Å². The van der Waals surface area contributed by atoms with E-state index in [1.165, 1.54) is 61.6 Å². The molecule has 0 radical (unpaired) electrons. The van der Waals surface area contributed by atoms with Crippen LogP contribution in [0.25, 0.3) is 0 Å². The van der Waals surface area contributed by atoms with Crippen LogP contribution in [-0.4, -0.2) is 51.0 Å². The van der Waals surface area contributed by atoms with Crippen LogP contribution < -0.4 is 19.1 Å². The number of hydrogen-bond donors (Lipinski definition) is 0. The molecule has 9 nitrogen and oxygen atoms in total. The zero-order valence-corrected chi connectivity index (χ0v) is 22.5. The highest BCUT2D eigenvalue weighted by atomic mass is 35.5. The first-order chi connectivity index (χ1) is 18.7. The molecule has 0 spiro atoms. The molecule has 11 heteroatoms. The Labute approximate surface area is 234 Å². The Balaban J connectivity index is 1.32. The van der Waals surface area contributed by atoms with Crippen molar-refractivity contribution in [2.24, 2.45) is 5.92 Å². The highest BCUT2D eigenvalue weighted by Gasteiger charge is 2.37. The molecule has 1 fully saturated rings. The molecule has 0 unspecified atom stereocenters. The van der Waals surface area contributed by atoms with Gasteiger partial charge in [-0.3, -0.25) is 14.4 Å². The van der Waals surface area contributed by atoms with Crippen molar-refractivity contribution >= 4 is 52.5 Å². The second kappa shape index (κ2) is 12.2. The van der Waals surface area contributed by atoms with E-state index in [2.05, 4.69) is 0 Å². The van der Waals surface area contributed by atoms with Gasteiger partial charge < -0.3 is 23.8 Å². The molecule has 0 bridgehead atoms. The monoisotopic (exact) mass is 571 g/mol. The van der Waals surface area contributed by atoms with Gasteiger partial charge in [-0.05, 0) is 54.6 Å². The lowest BCUT2D eigenvalue weighted by molar-refractivity contribution is -0.147. The van der Waals surface area contributed by atoms with Gasteiger partial charge in [0.25, 0.3) is 0 Å². The third-order valence-electron chi connectivity index (χ3n) is 6.02. The van der Waals surface area contributed by atoms with Crippen LogP contribution in [0.5, 0.6) is 17.2 Å². The molecule has 0 aliphatic carbocycles. The molecule has 1 aliphatic heterocycles. The first kappa shape index (κ1) is 27.9. The van der Waals surface area contributed by atoms with Gasteiger partial charge in [-0.25, -0.2) is 4.79 Å². The van der Waals surface area contributed by atoms with Crippen molar-refractivity contribution in [3.05, 3.63) is 81.8 Å².